The number of β-amino-alcohol motifs (C(OH)–C–C–N with tert-alkyl or cyclic N) is 1. The number of nitrogens with two attached hydrogens (primary N) is 1. The number of benzene rings is 1. The minimum absolute atomic E-state index is 0.125. The third-order valence-electron chi connectivity index (χ3n) is 3.52. The Bertz CT molecular complexity index is 425. The molecule has 106 valence electrons. The van der Waals surface area contributed by atoms with Gasteiger partial charge in [-0.15, -0.1) is 0 Å². The fourth-order valence-corrected chi connectivity index (χ4v) is 2.14. The number of rotatable bonds is 7. The lowest BCUT2D eigenvalue weighted by Gasteiger charge is -2.29. The Morgan fingerprint density at radius 3 is 2.89 bits per heavy atom. The highest BCUT2D eigenvalue weighted by Gasteiger charge is 2.21. The maximum absolute atomic E-state index is 8.88. The summed E-state index contributed by atoms with van der Waals surface area (Å²) in [6.07, 6.45) is 1.81. The zero-order valence-electron chi connectivity index (χ0n) is 11.3. The fourth-order valence-electron chi connectivity index (χ4n) is 2.14. The Morgan fingerprint density at radius 1 is 1.37 bits per heavy atom. The van der Waals surface area contributed by atoms with Gasteiger partial charge in [-0.1, -0.05) is 6.07 Å². The van der Waals surface area contributed by atoms with Crippen molar-refractivity contribution < 1.29 is 14.6 Å². The van der Waals surface area contributed by atoms with E-state index in [4.69, 9.17) is 20.3 Å². The van der Waals surface area contributed by atoms with Crippen molar-refractivity contribution in [1.29, 1.82) is 0 Å². The minimum atomic E-state index is -0.154. The summed E-state index contributed by atoms with van der Waals surface area (Å²) in [4.78, 5) is 0. The molecule has 0 fully saturated rings. The van der Waals surface area contributed by atoms with E-state index in [1.807, 2.05) is 12.1 Å². The van der Waals surface area contributed by atoms with E-state index in [1.54, 1.807) is 0 Å². The van der Waals surface area contributed by atoms with E-state index in [0.717, 1.165) is 24.3 Å². The number of nitrogens with one attached hydrogen (secondary N) is 1. The van der Waals surface area contributed by atoms with Gasteiger partial charge >= 0.3 is 0 Å². The first-order chi connectivity index (χ1) is 9.17. The highest BCUT2D eigenvalue weighted by molar-refractivity contribution is 5.44. The van der Waals surface area contributed by atoms with Crippen LogP contribution in [0.25, 0.3) is 0 Å². The van der Waals surface area contributed by atoms with Crippen molar-refractivity contribution in [3.63, 3.8) is 0 Å². The summed E-state index contributed by atoms with van der Waals surface area (Å²) in [5, 5.41) is 12.2. The zero-order chi connectivity index (χ0) is 13.7. The van der Waals surface area contributed by atoms with Gasteiger partial charge in [0.05, 0.1) is 6.61 Å². The predicted octanol–water partition coefficient (Wildman–Crippen LogP) is 0.647. The van der Waals surface area contributed by atoms with Crippen molar-refractivity contribution in [2.45, 2.75) is 25.3 Å². The average molecular weight is 266 g/mol. The van der Waals surface area contributed by atoms with Crippen LogP contribution in [-0.4, -0.2) is 37.1 Å². The monoisotopic (exact) mass is 266 g/mol. The van der Waals surface area contributed by atoms with Crippen LogP contribution in [0.1, 0.15) is 18.9 Å². The summed E-state index contributed by atoms with van der Waals surface area (Å²) in [5.41, 5.74) is 6.86. The third kappa shape index (κ3) is 3.59. The molecule has 0 bridgehead atoms. The molecule has 19 heavy (non-hydrogen) atoms. The smallest absolute Gasteiger partial charge is 0.231 e. The largest absolute Gasteiger partial charge is 0.454 e. The maximum Gasteiger partial charge on any atom is 0.231 e. The highest BCUT2D eigenvalue weighted by atomic mass is 16.7. The van der Waals surface area contributed by atoms with Gasteiger partial charge in [0, 0.05) is 18.6 Å². The molecule has 2 rings (SSSR count). The number of aliphatic hydroxyl groups is 1. The molecule has 5 nitrogen and oxygen atoms in total. The molecule has 0 radical (unpaired) electrons. The summed E-state index contributed by atoms with van der Waals surface area (Å²) in [5.74, 6) is 1.62. The summed E-state index contributed by atoms with van der Waals surface area (Å²) < 4.78 is 10.7. The molecule has 0 aliphatic carbocycles. The number of hydrogen-bond acceptors (Lipinski definition) is 5. The summed E-state index contributed by atoms with van der Waals surface area (Å²) >= 11 is 0. The number of aryl methyl sites for hydroxylation is 1. The number of ether oxygens (including phenoxy) is 2. The Balaban J connectivity index is 1.93. The molecule has 0 saturated heterocycles. The standard InChI is InChI=1S/C14H22N2O3/c1-14(9-15,16-6-7-17)5-4-11-2-3-12-13(8-11)19-10-18-12/h2-3,8,16-17H,4-7,9-10,15H2,1H3. The molecular formula is C14H22N2O3. The van der Waals surface area contributed by atoms with Crippen molar-refractivity contribution in [3.05, 3.63) is 23.8 Å². The topological polar surface area (TPSA) is 76.7 Å². The quantitative estimate of drug-likeness (QED) is 0.675. The van der Waals surface area contributed by atoms with Crippen molar-refractivity contribution in [1.82, 2.24) is 5.32 Å². The van der Waals surface area contributed by atoms with E-state index < -0.39 is 0 Å². The van der Waals surface area contributed by atoms with Gasteiger partial charge in [0.15, 0.2) is 11.5 Å². The van der Waals surface area contributed by atoms with Crippen molar-refractivity contribution in [2.75, 3.05) is 26.5 Å². The van der Waals surface area contributed by atoms with Crippen LogP contribution in [0.4, 0.5) is 0 Å². The second-order valence-electron chi connectivity index (χ2n) is 5.10. The molecule has 0 saturated carbocycles. The molecule has 4 N–H and O–H groups in total. The van der Waals surface area contributed by atoms with Gasteiger partial charge in [-0.05, 0) is 37.5 Å². The molecular weight excluding hydrogens is 244 g/mol. The van der Waals surface area contributed by atoms with Crippen LogP contribution in [0.2, 0.25) is 0 Å². The lowest BCUT2D eigenvalue weighted by Crippen LogP contribution is -2.49. The summed E-state index contributed by atoms with van der Waals surface area (Å²) in [7, 11) is 0. The summed E-state index contributed by atoms with van der Waals surface area (Å²) in [6, 6.07) is 6.01. The summed E-state index contributed by atoms with van der Waals surface area (Å²) in [6.45, 7) is 3.61. The van der Waals surface area contributed by atoms with Gasteiger partial charge in [0.2, 0.25) is 6.79 Å². The highest BCUT2D eigenvalue weighted by Crippen LogP contribution is 2.33. The first-order valence-corrected chi connectivity index (χ1v) is 6.61. The van der Waals surface area contributed by atoms with E-state index in [1.165, 1.54) is 5.56 Å². The molecule has 1 aliphatic rings. The van der Waals surface area contributed by atoms with E-state index in [0.29, 0.717) is 19.9 Å². The van der Waals surface area contributed by atoms with E-state index in [-0.39, 0.29) is 12.1 Å². The maximum atomic E-state index is 8.88. The van der Waals surface area contributed by atoms with Gasteiger partial charge in [-0.2, -0.15) is 0 Å². The molecule has 1 heterocycles. The van der Waals surface area contributed by atoms with Gasteiger partial charge < -0.3 is 25.6 Å². The normalized spacial score (nSPS) is 16.4. The lowest BCUT2D eigenvalue weighted by atomic mass is 9.93. The van der Waals surface area contributed by atoms with E-state index in [2.05, 4.69) is 18.3 Å². The van der Waals surface area contributed by atoms with E-state index >= 15 is 0 Å². The second-order valence-corrected chi connectivity index (χ2v) is 5.10. The Kier molecular flexibility index (Phi) is 4.63. The van der Waals surface area contributed by atoms with Gasteiger partial charge in [-0.3, -0.25) is 0 Å². The molecule has 0 aromatic heterocycles. The Morgan fingerprint density at radius 2 is 2.16 bits per heavy atom. The SMILES string of the molecule is CC(CN)(CCc1ccc2c(c1)OCO2)NCCO. The molecule has 1 aromatic rings. The molecule has 1 aliphatic heterocycles. The lowest BCUT2D eigenvalue weighted by molar-refractivity contribution is 0.174. The molecule has 1 unspecified atom stereocenters. The van der Waals surface area contributed by atoms with Crippen molar-refractivity contribution in [3.8, 4) is 11.5 Å². The van der Waals surface area contributed by atoms with Crippen LogP contribution < -0.4 is 20.5 Å². The first kappa shape index (κ1) is 14.1. The number of aliphatic hydroxyl groups excluding tert-OH is 1. The average Bonchev–Trinajstić information content (AvgIpc) is 2.90. The predicted molar refractivity (Wildman–Crippen MR) is 73.4 cm³/mol. The van der Waals surface area contributed by atoms with Crippen LogP contribution in [0, 0.1) is 0 Å². The van der Waals surface area contributed by atoms with Gasteiger partial charge in [0.1, 0.15) is 0 Å². The van der Waals surface area contributed by atoms with E-state index in [9.17, 15) is 0 Å². The van der Waals surface area contributed by atoms with Crippen molar-refractivity contribution >= 4 is 0 Å². The number of hydrogen-bond donors (Lipinski definition) is 3. The van der Waals surface area contributed by atoms with Crippen LogP contribution in [0.5, 0.6) is 11.5 Å². The van der Waals surface area contributed by atoms with Crippen LogP contribution >= 0.6 is 0 Å². The number of fused-ring (bicyclic) bond motifs is 1. The minimum Gasteiger partial charge on any atom is -0.454 e. The molecule has 0 spiro atoms. The zero-order valence-corrected chi connectivity index (χ0v) is 11.3. The van der Waals surface area contributed by atoms with Gasteiger partial charge in [-0.25, -0.2) is 0 Å². The first-order valence-electron chi connectivity index (χ1n) is 6.61. The Labute approximate surface area is 113 Å². The Hall–Kier alpha value is -1.30. The molecule has 0 amide bonds. The van der Waals surface area contributed by atoms with Crippen LogP contribution in [0.15, 0.2) is 18.2 Å². The van der Waals surface area contributed by atoms with Crippen LogP contribution in [-0.2, 0) is 6.42 Å². The molecule has 1 aromatic carbocycles. The second kappa shape index (κ2) is 6.23. The van der Waals surface area contributed by atoms with Gasteiger partial charge in [0.25, 0.3) is 0 Å². The van der Waals surface area contributed by atoms with Crippen LogP contribution in [0.3, 0.4) is 0 Å². The molecule has 5 heteroatoms. The fraction of sp³-hybridized carbons (Fsp3) is 0.571. The van der Waals surface area contributed by atoms with Crippen molar-refractivity contribution in [2.24, 2.45) is 5.73 Å². The molecule has 1 atom stereocenters. The third-order valence-corrected chi connectivity index (χ3v) is 3.52.